The predicted molar refractivity (Wildman–Crippen MR) is 323 cm³/mol. The van der Waals surface area contributed by atoms with Crippen molar-refractivity contribution in [2.75, 3.05) is 64.6 Å². The molecule has 10 N–H and O–H groups in total. The van der Waals surface area contributed by atoms with Crippen molar-refractivity contribution in [1.82, 2.24) is 49.8 Å². The average molecular weight is 1100 g/mol. The summed E-state index contributed by atoms with van der Waals surface area (Å²) < 4.78 is 36.8. The summed E-state index contributed by atoms with van der Waals surface area (Å²) in [7, 11) is 6.48. The summed E-state index contributed by atoms with van der Waals surface area (Å²) in [5.41, 5.74) is 37.3. The topological polar surface area (TPSA) is 294 Å². The summed E-state index contributed by atoms with van der Waals surface area (Å²) >= 11 is 0. The van der Waals surface area contributed by atoms with E-state index in [1.54, 1.807) is 28.4 Å². The van der Waals surface area contributed by atoms with Crippen LogP contribution in [0.2, 0.25) is 0 Å². The highest BCUT2D eigenvalue weighted by molar-refractivity contribution is 6.00. The van der Waals surface area contributed by atoms with Gasteiger partial charge >= 0.3 is 0 Å². The smallest absolute Gasteiger partial charge is 0.225 e. The van der Waals surface area contributed by atoms with E-state index in [0.29, 0.717) is 93.3 Å². The minimum absolute atomic E-state index is 0.0197. The number of ether oxygens (including phenoxy) is 6. The number of methoxy groups -OCH3 is 4. The fourth-order valence-electron chi connectivity index (χ4n) is 10.0. The Balaban J connectivity index is 1.24. The predicted octanol–water partition coefficient (Wildman–Crippen LogP) is 11.7. The van der Waals surface area contributed by atoms with Gasteiger partial charge in [-0.2, -0.15) is 29.9 Å². The number of fused-ring (bicyclic) bond motifs is 8. The van der Waals surface area contributed by atoms with E-state index in [9.17, 15) is 0 Å². The van der Waals surface area contributed by atoms with Crippen molar-refractivity contribution >= 4 is 70.2 Å². The molecule has 9 aromatic rings. The monoisotopic (exact) mass is 1100 g/mol. The lowest BCUT2D eigenvalue weighted by Gasteiger charge is -2.16. The van der Waals surface area contributed by atoms with E-state index in [-0.39, 0.29) is 23.8 Å². The quantitative estimate of drug-likeness (QED) is 0.0435. The summed E-state index contributed by atoms with van der Waals surface area (Å²) in [4.78, 5) is 44.1. The molecule has 0 atom stereocenters. The van der Waals surface area contributed by atoms with Crippen LogP contribution in [0, 0.1) is 0 Å². The van der Waals surface area contributed by atoms with Gasteiger partial charge in [-0.25, -0.2) is 9.97 Å². The van der Waals surface area contributed by atoms with Gasteiger partial charge in [0, 0.05) is 55.4 Å². The molecule has 2 aliphatic rings. The number of benzene rings is 4. The molecule has 11 rings (SSSR count). The zero-order valence-corrected chi connectivity index (χ0v) is 46.1. The minimum atomic E-state index is 0.0197. The number of anilines is 4. The highest BCUT2D eigenvalue weighted by Gasteiger charge is 2.24. The van der Waals surface area contributed by atoms with Crippen LogP contribution in [0.3, 0.4) is 0 Å². The molecule has 0 spiro atoms. The van der Waals surface area contributed by atoms with Crippen LogP contribution in [0.1, 0.15) is 62.3 Å². The summed E-state index contributed by atoms with van der Waals surface area (Å²) in [6.45, 7) is 5.20. The lowest BCUT2D eigenvalue weighted by Crippen LogP contribution is -2.04. The van der Waals surface area contributed by atoms with Gasteiger partial charge in [-0.1, -0.05) is 75.2 Å². The SMILES string of the molecule is CCCCOc1c(OC)cc(-c2c3nc(c(-c4ccc(-c5nc(N)nc(N)n5)cc4)c4ccc([nH]4)c(-c4cc(OC)c(OCCCC)c(OC)c4)c4nc(c(-c5ccc(-c6nc(N)nc(N)n6)cc5)c5ccc2[nH]5)C=C4)C=C3)cc1OC. The van der Waals surface area contributed by atoms with Gasteiger partial charge in [-0.3, -0.25) is 0 Å². The van der Waals surface area contributed by atoms with Crippen molar-refractivity contribution < 1.29 is 28.4 Å². The Morgan fingerprint density at radius 1 is 0.354 bits per heavy atom. The van der Waals surface area contributed by atoms with Gasteiger partial charge in [0.25, 0.3) is 0 Å². The summed E-state index contributed by atoms with van der Waals surface area (Å²) in [5.74, 6) is 3.78. The van der Waals surface area contributed by atoms with Gasteiger partial charge in [-0.15, -0.1) is 0 Å². The number of nitrogens with one attached hydrogen (secondary N) is 2. The molecule has 82 heavy (non-hydrogen) atoms. The zero-order chi connectivity index (χ0) is 57.0. The first-order chi connectivity index (χ1) is 40.0. The summed E-state index contributed by atoms with van der Waals surface area (Å²) in [6, 6.07) is 31.6. The number of unbranched alkanes of at least 4 members (excludes halogenated alkanes) is 2. The Labute approximate surface area is 472 Å². The van der Waals surface area contributed by atoms with Crippen LogP contribution in [0.15, 0.2) is 97.1 Å². The molecule has 2 aliphatic heterocycles. The minimum Gasteiger partial charge on any atom is -0.493 e. The van der Waals surface area contributed by atoms with Crippen LogP contribution in [0.25, 0.3) is 114 Å². The van der Waals surface area contributed by atoms with Crippen LogP contribution in [0.5, 0.6) is 34.5 Å². The van der Waals surface area contributed by atoms with Crippen molar-refractivity contribution in [3.8, 4) is 102 Å². The number of aromatic amines is 2. The molecule has 4 aromatic carbocycles. The fourth-order valence-corrected chi connectivity index (χ4v) is 10.0. The number of nitrogens with zero attached hydrogens (tertiary/aromatic N) is 8. The van der Waals surface area contributed by atoms with E-state index >= 15 is 0 Å². The van der Waals surface area contributed by atoms with Crippen LogP contribution in [-0.4, -0.2) is 91.5 Å². The maximum Gasteiger partial charge on any atom is 0.225 e. The molecule has 0 aliphatic carbocycles. The molecule has 414 valence electrons. The second-order valence-corrected chi connectivity index (χ2v) is 19.2. The van der Waals surface area contributed by atoms with Gasteiger partial charge in [0.15, 0.2) is 34.6 Å². The maximum atomic E-state index is 6.31. The van der Waals surface area contributed by atoms with Crippen LogP contribution < -0.4 is 51.4 Å². The molecule has 0 saturated carbocycles. The summed E-state index contributed by atoms with van der Waals surface area (Å²) in [5, 5.41) is 0. The molecule has 0 saturated heterocycles. The van der Waals surface area contributed by atoms with E-state index in [1.807, 2.05) is 121 Å². The Bertz CT molecular complexity index is 3780. The Hall–Kier alpha value is -10.5. The lowest BCUT2D eigenvalue weighted by molar-refractivity contribution is 0.270. The molecule has 8 bridgehead atoms. The van der Waals surface area contributed by atoms with Crippen LogP contribution >= 0.6 is 0 Å². The molecular weight excluding hydrogens is 1040 g/mol. The van der Waals surface area contributed by atoms with Crippen molar-refractivity contribution in [3.05, 3.63) is 120 Å². The molecule has 7 heterocycles. The summed E-state index contributed by atoms with van der Waals surface area (Å²) in [6.07, 6.45) is 11.7. The van der Waals surface area contributed by atoms with E-state index < -0.39 is 0 Å². The standard InChI is InChI=1S/C62H60N14O6/c1-7-9-27-81-55-47(77-3)29-37(30-48(55)78-4)53-43-23-19-39(67-43)51(33-11-15-35(16-12-33)57-71-59(63)75-60(64)72-57)41-21-25-45(69-41)54(38-31-49(79-5)56(50(32-38)80-6)82-28-10-8-2)46-26-22-42(70-46)52(40-20-24-44(53)68-40)34-13-17-36(18-14-34)58-73-61(65)76-62(66)74-58/h11-26,29-32,67,70H,7-10,27-28H2,1-6H3,(H4,63,64,71,72,75)(H4,65,66,73,74,76). The largest absolute Gasteiger partial charge is 0.493 e. The first-order valence-electron chi connectivity index (χ1n) is 26.7. The third-order valence-electron chi connectivity index (χ3n) is 13.9. The van der Waals surface area contributed by atoms with Gasteiger partial charge in [0.2, 0.25) is 35.3 Å². The molecule has 0 fully saturated rings. The molecule has 20 nitrogen and oxygen atoms in total. The highest BCUT2D eigenvalue weighted by Crippen LogP contribution is 2.47. The number of nitrogens with two attached hydrogens (primary N) is 4. The Kier molecular flexibility index (Phi) is 15.1. The normalized spacial score (nSPS) is 11.7. The molecule has 0 amide bonds. The number of aromatic nitrogens is 10. The lowest BCUT2D eigenvalue weighted by atomic mass is 10.0. The van der Waals surface area contributed by atoms with E-state index in [4.69, 9.17) is 61.3 Å². The van der Waals surface area contributed by atoms with Crippen molar-refractivity contribution in [3.63, 3.8) is 0 Å². The first kappa shape index (κ1) is 53.5. The molecule has 20 heteroatoms. The highest BCUT2D eigenvalue weighted by atomic mass is 16.5. The number of hydrogen-bond acceptors (Lipinski definition) is 18. The Morgan fingerprint density at radius 2 is 0.634 bits per heavy atom. The van der Waals surface area contributed by atoms with E-state index in [2.05, 4.69) is 53.7 Å². The van der Waals surface area contributed by atoms with Gasteiger partial charge in [0.05, 0.1) is 64.4 Å². The maximum absolute atomic E-state index is 6.31. The van der Waals surface area contributed by atoms with E-state index in [1.165, 1.54) is 0 Å². The van der Waals surface area contributed by atoms with Gasteiger partial charge in [0.1, 0.15) is 0 Å². The molecule has 0 unspecified atom stereocenters. The average Bonchev–Trinajstić information content (AvgIpc) is 4.29. The van der Waals surface area contributed by atoms with Crippen molar-refractivity contribution in [2.45, 2.75) is 39.5 Å². The zero-order valence-electron chi connectivity index (χ0n) is 46.1. The molecule has 5 aromatic heterocycles. The fraction of sp³-hybridized carbons (Fsp3) is 0.194. The third-order valence-corrected chi connectivity index (χ3v) is 13.9. The van der Waals surface area contributed by atoms with Crippen LogP contribution in [0.4, 0.5) is 23.8 Å². The third kappa shape index (κ3) is 10.6. The number of hydrogen-bond donors (Lipinski definition) is 6. The van der Waals surface area contributed by atoms with Gasteiger partial charge in [-0.05, 0) is 108 Å². The second-order valence-electron chi connectivity index (χ2n) is 19.2. The van der Waals surface area contributed by atoms with Crippen molar-refractivity contribution in [2.24, 2.45) is 0 Å². The first-order valence-corrected chi connectivity index (χ1v) is 26.7. The van der Waals surface area contributed by atoms with E-state index in [0.717, 1.165) is 92.3 Å². The van der Waals surface area contributed by atoms with Crippen LogP contribution in [-0.2, 0) is 0 Å². The number of H-pyrrole nitrogens is 2. The number of nitrogen functional groups attached to an aromatic ring is 4. The molecular formula is C62H60N14O6. The second kappa shape index (κ2) is 23.1. The van der Waals surface area contributed by atoms with Crippen molar-refractivity contribution in [1.29, 1.82) is 0 Å². The number of rotatable bonds is 18. The Morgan fingerprint density at radius 3 is 0.915 bits per heavy atom. The molecule has 0 radical (unpaired) electrons. The van der Waals surface area contributed by atoms with Gasteiger partial charge < -0.3 is 61.3 Å².